The lowest BCUT2D eigenvalue weighted by Crippen LogP contribution is -2.51. The molecule has 1 aliphatic heterocycles. The first kappa shape index (κ1) is 19.0. The summed E-state index contributed by atoms with van der Waals surface area (Å²) in [7, 11) is -3.32. The molecule has 2 N–H and O–H groups in total. The van der Waals surface area contributed by atoms with E-state index in [1.54, 1.807) is 23.1 Å². The number of rotatable bonds is 5. The second kappa shape index (κ2) is 8.30. The van der Waals surface area contributed by atoms with Gasteiger partial charge in [0.2, 0.25) is 10.0 Å². The molecule has 2 aromatic carbocycles. The van der Waals surface area contributed by atoms with Gasteiger partial charge in [0, 0.05) is 44.1 Å². The number of amides is 2. The third-order valence-corrected chi connectivity index (χ3v) is 4.97. The van der Waals surface area contributed by atoms with Gasteiger partial charge in [0.25, 0.3) is 0 Å². The summed E-state index contributed by atoms with van der Waals surface area (Å²) in [6.07, 6.45) is 1.11. The Morgan fingerprint density at radius 1 is 1.00 bits per heavy atom. The van der Waals surface area contributed by atoms with E-state index in [4.69, 9.17) is 0 Å². The van der Waals surface area contributed by atoms with Gasteiger partial charge in [-0.25, -0.2) is 13.2 Å². The fourth-order valence-electron chi connectivity index (χ4n) is 3.05. The molecule has 7 nitrogen and oxygen atoms in total. The van der Waals surface area contributed by atoms with Crippen molar-refractivity contribution < 1.29 is 13.2 Å². The van der Waals surface area contributed by atoms with E-state index in [2.05, 4.69) is 27.1 Å². The molecule has 0 aromatic heterocycles. The molecule has 1 fully saturated rings. The Bertz CT molecular complexity index is 879. The van der Waals surface area contributed by atoms with Gasteiger partial charge in [-0.15, -0.1) is 0 Å². The highest BCUT2D eigenvalue weighted by atomic mass is 32.2. The molecule has 0 saturated carbocycles. The number of sulfonamides is 1. The monoisotopic (exact) mass is 388 g/mol. The fraction of sp³-hybridized carbons (Fsp3) is 0.316. The van der Waals surface area contributed by atoms with Crippen LogP contribution in [0.2, 0.25) is 0 Å². The molecule has 0 unspecified atom stereocenters. The molecule has 144 valence electrons. The summed E-state index contributed by atoms with van der Waals surface area (Å²) in [6, 6.07) is 17.1. The molecule has 0 aliphatic carbocycles. The highest BCUT2D eigenvalue weighted by molar-refractivity contribution is 7.92. The lowest BCUT2D eigenvalue weighted by molar-refractivity contribution is 0.194. The number of anilines is 2. The Balaban J connectivity index is 1.50. The topological polar surface area (TPSA) is 81.8 Å². The van der Waals surface area contributed by atoms with E-state index >= 15 is 0 Å². The van der Waals surface area contributed by atoms with Crippen molar-refractivity contribution in [2.45, 2.75) is 6.54 Å². The van der Waals surface area contributed by atoms with E-state index < -0.39 is 10.0 Å². The van der Waals surface area contributed by atoms with Crippen LogP contribution in [0.25, 0.3) is 0 Å². The summed E-state index contributed by atoms with van der Waals surface area (Å²) in [5, 5.41) is 2.90. The Kier molecular flexibility index (Phi) is 5.85. The normalized spacial score (nSPS) is 14.7. The zero-order chi connectivity index (χ0) is 19.3. The first-order valence-corrected chi connectivity index (χ1v) is 10.7. The van der Waals surface area contributed by atoms with Crippen molar-refractivity contribution >= 4 is 27.4 Å². The molecule has 1 heterocycles. The van der Waals surface area contributed by atoms with Crippen LogP contribution in [0, 0.1) is 0 Å². The average Bonchev–Trinajstić information content (AvgIpc) is 2.66. The van der Waals surface area contributed by atoms with Gasteiger partial charge in [-0.05, 0) is 29.8 Å². The summed E-state index contributed by atoms with van der Waals surface area (Å²) in [4.78, 5) is 16.5. The Morgan fingerprint density at radius 2 is 1.70 bits per heavy atom. The second-order valence-electron chi connectivity index (χ2n) is 6.54. The van der Waals surface area contributed by atoms with Gasteiger partial charge >= 0.3 is 6.03 Å². The van der Waals surface area contributed by atoms with Crippen molar-refractivity contribution in [1.29, 1.82) is 0 Å². The smallest absolute Gasteiger partial charge is 0.317 e. The molecule has 0 spiro atoms. The van der Waals surface area contributed by atoms with Gasteiger partial charge < -0.3 is 15.1 Å². The maximum Gasteiger partial charge on any atom is 0.317 e. The van der Waals surface area contributed by atoms with Crippen LogP contribution < -0.4 is 14.9 Å². The summed E-state index contributed by atoms with van der Waals surface area (Å²) in [6.45, 7) is 3.26. The lowest BCUT2D eigenvalue weighted by atomic mass is 10.2. The number of para-hydroxylation sites is 1. The molecular formula is C19H24N4O3S. The number of piperazine rings is 1. The predicted octanol–water partition coefficient (Wildman–Crippen LogP) is 2.09. The first-order valence-electron chi connectivity index (χ1n) is 8.80. The molecule has 1 aliphatic rings. The summed E-state index contributed by atoms with van der Waals surface area (Å²) < 4.78 is 25.1. The Labute approximate surface area is 160 Å². The molecule has 0 bridgehead atoms. The molecule has 2 amide bonds. The quantitative estimate of drug-likeness (QED) is 0.822. The number of urea groups is 1. The molecular weight excluding hydrogens is 364 g/mol. The largest absolute Gasteiger partial charge is 0.368 e. The SMILES string of the molecule is CS(=O)(=O)Nc1cccc(CNC(=O)N2CCN(c3ccccc3)CC2)c1. The van der Waals surface area contributed by atoms with Gasteiger partial charge in [-0.3, -0.25) is 4.72 Å². The van der Waals surface area contributed by atoms with Crippen molar-refractivity contribution in [3.8, 4) is 0 Å². The van der Waals surface area contributed by atoms with Crippen LogP contribution in [0.4, 0.5) is 16.2 Å². The molecule has 8 heteroatoms. The first-order chi connectivity index (χ1) is 12.9. The Hall–Kier alpha value is -2.74. The van der Waals surface area contributed by atoms with Gasteiger partial charge in [0.05, 0.1) is 6.26 Å². The van der Waals surface area contributed by atoms with Crippen molar-refractivity contribution in [3.63, 3.8) is 0 Å². The minimum absolute atomic E-state index is 0.107. The van der Waals surface area contributed by atoms with E-state index in [0.29, 0.717) is 25.3 Å². The van der Waals surface area contributed by atoms with Crippen LogP contribution in [0.15, 0.2) is 54.6 Å². The number of hydrogen-bond donors (Lipinski definition) is 2. The minimum Gasteiger partial charge on any atom is -0.368 e. The molecule has 3 rings (SSSR count). The predicted molar refractivity (Wildman–Crippen MR) is 107 cm³/mol. The van der Waals surface area contributed by atoms with Crippen molar-refractivity contribution in [1.82, 2.24) is 10.2 Å². The maximum atomic E-state index is 12.4. The van der Waals surface area contributed by atoms with Gasteiger partial charge in [0.1, 0.15) is 0 Å². The molecule has 0 atom stereocenters. The van der Waals surface area contributed by atoms with E-state index in [9.17, 15) is 13.2 Å². The molecule has 2 aromatic rings. The van der Waals surface area contributed by atoms with Gasteiger partial charge in [-0.1, -0.05) is 30.3 Å². The van der Waals surface area contributed by atoms with E-state index in [1.165, 1.54) is 5.69 Å². The van der Waals surface area contributed by atoms with Crippen molar-refractivity contribution in [2.75, 3.05) is 42.1 Å². The number of carbonyl (C=O) groups is 1. The molecule has 1 saturated heterocycles. The summed E-state index contributed by atoms with van der Waals surface area (Å²) in [5.74, 6) is 0. The van der Waals surface area contributed by atoms with E-state index in [0.717, 1.165) is 24.9 Å². The van der Waals surface area contributed by atoms with Crippen LogP contribution in [-0.2, 0) is 16.6 Å². The van der Waals surface area contributed by atoms with Crippen LogP contribution >= 0.6 is 0 Å². The average molecular weight is 388 g/mol. The van der Waals surface area contributed by atoms with Crippen LogP contribution in [0.1, 0.15) is 5.56 Å². The zero-order valence-corrected chi connectivity index (χ0v) is 16.1. The third kappa shape index (κ3) is 5.62. The van der Waals surface area contributed by atoms with E-state index in [-0.39, 0.29) is 6.03 Å². The summed E-state index contributed by atoms with van der Waals surface area (Å²) in [5.41, 5.74) is 2.49. The highest BCUT2D eigenvalue weighted by Crippen LogP contribution is 2.16. The maximum absolute atomic E-state index is 12.4. The highest BCUT2D eigenvalue weighted by Gasteiger charge is 2.20. The van der Waals surface area contributed by atoms with E-state index in [1.807, 2.05) is 24.3 Å². The van der Waals surface area contributed by atoms with Crippen molar-refractivity contribution in [3.05, 3.63) is 60.2 Å². The standard InChI is InChI=1S/C19H24N4O3S/c1-27(25,26)21-17-7-5-6-16(14-17)15-20-19(24)23-12-10-22(11-13-23)18-8-3-2-4-9-18/h2-9,14,21H,10-13,15H2,1H3,(H,20,24). The van der Waals surface area contributed by atoms with Gasteiger partial charge in [-0.2, -0.15) is 0 Å². The molecule has 0 radical (unpaired) electrons. The number of nitrogens with zero attached hydrogens (tertiary/aromatic N) is 2. The third-order valence-electron chi connectivity index (χ3n) is 4.36. The minimum atomic E-state index is -3.32. The van der Waals surface area contributed by atoms with Crippen molar-refractivity contribution in [2.24, 2.45) is 0 Å². The van der Waals surface area contributed by atoms with Crippen LogP contribution in [0.3, 0.4) is 0 Å². The molecule has 27 heavy (non-hydrogen) atoms. The number of hydrogen-bond acceptors (Lipinski definition) is 4. The van der Waals surface area contributed by atoms with Crippen LogP contribution in [-0.4, -0.2) is 51.8 Å². The number of carbonyl (C=O) groups excluding carboxylic acids is 1. The summed E-state index contributed by atoms with van der Waals surface area (Å²) >= 11 is 0. The number of benzene rings is 2. The zero-order valence-electron chi connectivity index (χ0n) is 15.3. The van der Waals surface area contributed by atoms with Gasteiger partial charge in [0.15, 0.2) is 0 Å². The number of nitrogens with one attached hydrogen (secondary N) is 2. The second-order valence-corrected chi connectivity index (χ2v) is 8.29. The Morgan fingerprint density at radius 3 is 2.37 bits per heavy atom. The van der Waals surface area contributed by atoms with Crippen LogP contribution in [0.5, 0.6) is 0 Å². The lowest BCUT2D eigenvalue weighted by Gasteiger charge is -2.36. The fourth-order valence-corrected chi connectivity index (χ4v) is 3.61.